The standard InChI is InChI=1S/C16H25NO4/c1-6-17(7-2)16(19)12(4)21-14-9-8-13(11(3)18)10-15(14)20-5/h8-12,18H,6-7H2,1-5H3. The van der Waals surface area contributed by atoms with Crippen LogP contribution in [0.15, 0.2) is 18.2 Å². The molecule has 118 valence electrons. The molecule has 0 radical (unpaired) electrons. The van der Waals surface area contributed by atoms with Gasteiger partial charge in [-0.2, -0.15) is 0 Å². The number of likely N-dealkylation sites (N-methyl/N-ethyl adjacent to an activating group) is 1. The second-order valence-corrected chi connectivity index (χ2v) is 4.86. The second kappa shape index (κ2) is 7.88. The quantitative estimate of drug-likeness (QED) is 0.839. The Labute approximate surface area is 126 Å². The van der Waals surface area contributed by atoms with Crippen molar-refractivity contribution < 1.29 is 19.4 Å². The van der Waals surface area contributed by atoms with Gasteiger partial charge in [0.05, 0.1) is 13.2 Å². The van der Waals surface area contributed by atoms with E-state index in [4.69, 9.17) is 9.47 Å². The molecule has 0 heterocycles. The minimum atomic E-state index is -0.587. The van der Waals surface area contributed by atoms with Gasteiger partial charge in [-0.3, -0.25) is 4.79 Å². The highest BCUT2D eigenvalue weighted by atomic mass is 16.5. The molecule has 0 spiro atoms. The molecule has 5 heteroatoms. The molecular weight excluding hydrogens is 270 g/mol. The largest absolute Gasteiger partial charge is 0.493 e. The molecular formula is C16H25NO4. The van der Waals surface area contributed by atoms with Gasteiger partial charge < -0.3 is 19.5 Å². The van der Waals surface area contributed by atoms with Crippen LogP contribution in [0.3, 0.4) is 0 Å². The molecule has 1 aromatic carbocycles. The number of aliphatic hydroxyl groups is 1. The lowest BCUT2D eigenvalue weighted by molar-refractivity contribution is -0.137. The molecule has 0 bridgehead atoms. The predicted octanol–water partition coefficient (Wildman–Crippen LogP) is 2.38. The summed E-state index contributed by atoms with van der Waals surface area (Å²) < 4.78 is 11.0. The number of aliphatic hydroxyl groups excluding tert-OH is 1. The number of hydrogen-bond donors (Lipinski definition) is 1. The summed E-state index contributed by atoms with van der Waals surface area (Å²) in [6, 6.07) is 5.19. The Hall–Kier alpha value is -1.75. The third-order valence-corrected chi connectivity index (χ3v) is 3.40. The molecule has 0 aliphatic rings. The maximum absolute atomic E-state index is 12.2. The van der Waals surface area contributed by atoms with Gasteiger partial charge >= 0.3 is 0 Å². The van der Waals surface area contributed by atoms with Crippen LogP contribution in [0.4, 0.5) is 0 Å². The molecule has 0 aliphatic carbocycles. The molecule has 1 N–H and O–H groups in total. The van der Waals surface area contributed by atoms with E-state index in [0.717, 1.165) is 5.56 Å². The highest BCUT2D eigenvalue weighted by Gasteiger charge is 2.21. The van der Waals surface area contributed by atoms with Gasteiger partial charge in [0.15, 0.2) is 17.6 Å². The molecule has 1 amide bonds. The van der Waals surface area contributed by atoms with Crippen molar-refractivity contribution in [1.82, 2.24) is 4.90 Å². The van der Waals surface area contributed by atoms with Crippen LogP contribution in [0.1, 0.15) is 39.4 Å². The molecule has 21 heavy (non-hydrogen) atoms. The van der Waals surface area contributed by atoms with Gasteiger partial charge in [-0.25, -0.2) is 0 Å². The van der Waals surface area contributed by atoms with Crippen molar-refractivity contribution in [2.45, 2.75) is 39.9 Å². The average Bonchev–Trinajstić information content (AvgIpc) is 2.48. The first-order chi connectivity index (χ1) is 9.94. The summed E-state index contributed by atoms with van der Waals surface area (Å²) in [6.45, 7) is 8.59. The number of methoxy groups -OCH3 is 1. The first-order valence-corrected chi connectivity index (χ1v) is 7.25. The first-order valence-electron chi connectivity index (χ1n) is 7.25. The van der Waals surface area contributed by atoms with E-state index < -0.39 is 12.2 Å². The zero-order valence-electron chi connectivity index (χ0n) is 13.4. The van der Waals surface area contributed by atoms with E-state index in [9.17, 15) is 9.90 Å². The average molecular weight is 295 g/mol. The number of benzene rings is 1. The molecule has 1 aromatic rings. The second-order valence-electron chi connectivity index (χ2n) is 4.86. The fourth-order valence-electron chi connectivity index (χ4n) is 2.07. The molecule has 2 unspecified atom stereocenters. The van der Waals surface area contributed by atoms with E-state index in [1.165, 1.54) is 7.11 Å². The lowest BCUT2D eigenvalue weighted by Gasteiger charge is -2.24. The summed E-state index contributed by atoms with van der Waals surface area (Å²) in [5.74, 6) is 0.948. The Kier molecular flexibility index (Phi) is 6.49. The first kappa shape index (κ1) is 17.3. The van der Waals surface area contributed by atoms with E-state index in [1.54, 1.807) is 36.9 Å². The van der Waals surface area contributed by atoms with E-state index in [2.05, 4.69) is 0 Å². The fourth-order valence-corrected chi connectivity index (χ4v) is 2.07. The molecule has 0 saturated carbocycles. The van der Waals surface area contributed by atoms with Crippen molar-refractivity contribution >= 4 is 5.91 Å². The smallest absolute Gasteiger partial charge is 0.263 e. The van der Waals surface area contributed by atoms with Gasteiger partial charge in [-0.05, 0) is 45.4 Å². The Morgan fingerprint density at radius 3 is 2.33 bits per heavy atom. The lowest BCUT2D eigenvalue weighted by Crippen LogP contribution is -2.40. The van der Waals surface area contributed by atoms with E-state index in [-0.39, 0.29) is 5.91 Å². The zero-order valence-corrected chi connectivity index (χ0v) is 13.4. The molecule has 2 atom stereocenters. The summed E-state index contributed by atoms with van der Waals surface area (Å²) in [7, 11) is 1.53. The summed E-state index contributed by atoms with van der Waals surface area (Å²) in [4.78, 5) is 13.9. The van der Waals surface area contributed by atoms with Crippen molar-refractivity contribution in [2.75, 3.05) is 20.2 Å². The SMILES string of the molecule is CCN(CC)C(=O)C(C)Oc1ccc(C(C)O)cc1OC. The van der Waals surface area contributed by atoms with Crippen LogP contribution in [0, 0.1) is 0 Å². The summed E-state index contributed by atoms with van der Waals surface area (Å²) >= 11 is 0. The van der Waals surface area contributed by atoms with Crippen LogP contribution in [-0.2, 0) is 4.79 Å². The number of nitrogens with zero attached hydrogens (tertiary/aromatic N) is 1. The van der Waals surface area contributed by atoms with Gasteiger partial charge in [0, 0.05) is 13.1 Å². The molecule has 5 nitrogen and oxygen atoms in total. The highest BCUT2D eigenvalue weighted by molar-refractivity contribution is 5.80. The zero-order chi connectivity index (χ0) is 16.0. The maximum Gasteiger partial charge on any atom is 0.263 e. The molecule has 1 rings (SSSR count). The van der Waals surface area contributed by atoms with Crippen LogP contribution in [0.2, 0.25) is 0 Å². The minimum Gasteiger partial charge on any atom is -0.493 e. The Bertz CT molecular complexity index is 469. The number of carbonyl (C=O) groups excluding carboxylic acids is 1. The van der Waals surface area contributed by atoms with Gasteiger partial charge in [0.2, 0.25) is 0 Å². The Morgan fingerprint density at radius 1 is 1.24 bits per heavy atom. The number of carbonyl (C=O) groups is 1. The molecule has 0 saturated heterocycles. The van der Waals surface area contributed by atoms with E-state index in [0.29, 0.717) is 24.6 Å². The highest BCUT2D eigenvalue weighted by Crippen LogP contribution is 2.31. The molecule has 0 fully saturated rings. The van der Waals surface area contributed by atoms with Crippen LogP contribution in [-0.4, -0.2) is 42.2 Å². The Balaban J connectivity index is 2.89. The number of ether oxygens (including phenoxy) is 2. The topological polar surface area (TPSA) is 59.0 Å². The van der Waals surface area contributed by atoms with Crippen molar-refractivity contribution in [1.29, 1.82) is 0 Å². The third-order valence-electron chi connectivity index (χ3n) is 3.40. The summed E-state index contributed by atoms with van der Waals surface area (Å²) in [5, 5.41) is 9.58. The summed E-state index contributed by atoms with van der Waals surface area (Å²) in [5.41, 5.74) is 0.738. The van der Waals surface area contributed by atoms with Crippen LogP contribution >= 0.6 is 0 Å². The van der Waals surface area contributed by atoms with Crippen molar-refractivity contribution in [3.05, 3.63) is 23.8 Å². The van der Waals surface area contributed by atoms with Crippen molar-refractivity contribution in [2.24, 2.45) is 0 Å². The monoisotopic (exact) mass is 295 g/mol. The number of rotatable bonds is 7. The third kappa shape index (κ3) is 4.36. The molecule has 0 aliphatic heterocycles. The normalized spacial score (nSPS) is 13.4. The molecule has 0 aromatic heterocycles. The fraction of sp³-hybridized carbons (Fsp3) is 0.562. The number of hydrogen-bond acceptors (Lipinski definition) is 4. The van der Waals surface area contributed by atoms with Gasteiger partial charge in [-0.1, -0.05) is 6.07 Å². The van der Waals surface area contributed by atoms with Crippen LogP contribution < -0.4 is 9.47 Å². The number of amides is 1. The Morgan fingerprint density at radius 2 is 1.86 bits per heavy atom. The maximum atomic E-state index is 12.2. The lowest BCUT2D eigenvalue weighted by atomic mass is 10.1. The van der Waals surface area contributed by atoms with E-state index >= 15 is 0 Å². The van der Waals surface area contributed by atoms with Crippen molar-refractivity contribution in [3.8, 4) is 11.5 Å². The van der Waals surface area contributed by atoms with E-state index in [1.807, 2.05) is 13.8 Å². The van der Waals surface area contributed by atoms with Gasteiger partial charge in [0.1, 0.15) is 0 Å². The minimum absolute atomic E-state index is 0.0540. The van der Waals surface area contributed by atoms with Gasteiger partial charge in [-0.15, -0.1) is 0 Å². The van der Waals surface area contributed by atoms with Crippen LogP contribution in [0.25, 0.3) is 0 Å². The van der Waals surface area contributed by atoms with Crippen LogP contribution in [0.5, 0.6) is 11.5 Å². The van der Waals surface area contributed by atoms with Crippen molar-refractivity contribution in [3.63, 3.8) is 0 Å². The summed E-state index contributed by atoms with van der Waals surface area (Å²) in [6.07, 6.45) is -1.17. The van der Waals surface area contributed by atoms with Gasteiger partial charge in [0.25, 0.3) is 5.91 Å². The predicted molar refractivity (Wildman–Crippen MR) is 81.6 cm³/mol.